The van der Waals surface area contributed by atoms with Gasteiger partial charge in [-0.1, -0.05) is 10.3 Å². The standard InChI is InChI=1S/C7H12N2O4/c1-3-13-7(10)6(9-12)4-5(2)8-11/h11-12H,3-4H2,1-2H3/b8-5-,9-6-. The second-order valence-corrected chi connectivity index (χ2v) is 2.28. The first kappa shape index (κ1) is 11.4. The first-order chi connectivity index (χ1) is 6.15. The van der Waals surface area contributed by atoms with Crippen molar-refractivity contribution >= 4 is 17.4 Å². The molecule has 6 nitrogen and oxygen atoms in total. The van der Waals surface area contributed by atoms with Crippen molar-refractivity contribution in [2.24, 2.45) is 10.3 Å². The van der Waals surface area contributed by atoms with Gasteiger partial charge < -0.3 is 15.2 Å². The molecule has 0 saturated heterocycles. The molecule has 0 heterocycles. The predicted molar refractivity (Wildman–Crippen MR) is 45.4 cm³/mol. The van der Waals surface area contributed by atoms with E-state index in [0.29, 0.717) is 0 Å². The average molecular weight is 188 g/mol. The van der Waals surface area contributed by atoms with E-state index in [9.17, 15) is 4.79 Å². The molecule has 0 bridgehead atoms. The summed E-state index contributed by atoms with van der Waals surface area (Å²) in [6.07, 6.45) is -0.0359. The quantitative estimate of drug-likeness (QED) is 0.293. The zero-order valence-corrected chi connectivity index (χ0v) is 7.52. The number of hydrogen-bond acceptors (Lipinski definition) is 6. The molecule has 13 heavy (non-hydrogen) atoms. The van der Waals surface area contributed by atoms with Crippen molar-refractivity contribution < 1.29 is 19.9 Å². The Morgan fingerprint density at radius 2 is 2.00 bits per heavy atom. The zero-order chi connectivity index (χ0) is 10.3. The fraction of sp³-hybridized carbons (Fsp3) is 0.571. The summed E-state index contributed by atoms with van der Waals surface area (Å²) >= 11 is 0. The number of nitrogens with zero attached hydrogens (tertiary/aromatic N) is 2. The van der Waals surface area contributed by atoms with Gasteiger partial charge in [0, 0.05) is 6.42 Å². The molecule has 0 saturated carbocycles. The second-order valence-electron chi connectivity index (χ2n) is 2.28. The van der Waals surface area contributed by atoms with E-state index in [2.05, 4.69) is 15.0 Å². The predicted octanol–water partition coefficient (Wildman–Crippen LogP) is 0.620. The Hall–Kier alpha value is -1.59. The molecule has 0 aromatic heterocycles. The van der Waals surface area contributed by atoms with Gasteiger partial charge in [-0.05, 0) is 13.8 Å². The van der Waals surface area contributed by atoms with Crippen LogP contribution >= 0.6 is 0 Å². The average Bonchev–Trinajstić information content (AvgIpc) is 2.14. The van der Waals surface area contributed by atoms with E-state index in [1.165, 1.54) is 6.92 Å². The Morgan fingerprint density at radius 3 is 2.38 bits per heavy atom. The van der Waals surface area contributed by atoms with Gasteiger partial charge in [-0.15, -0.1) is 0 Å². The van der Waals surface area contributed by atoms with E-state index in [-0.39, 0.29) is 24.5 Å². The van der Waals surface area contributed by atoms with Crippen LogP contribution in [-0.2, 0) is 9.53 Å². The number of carbonyl (C=O) groups excluding carboxylic acids is 1. The summed E-state index contributed by atoms with van der Waals surface area (Å²) in [5.41, 5.74) is 0.0815. The monoisotopic (exact) mass is 188 g/mol. The van der Waals surface area contributed by atoms with Gasteiger partial charge in [0.05, 0.1) is 12.3 Å². The van der Waals surface area contributed by atoms with Crippen LogP contribution in [0.25, 0.3) is 0 Å². The van der Waals surface area contributed by atoms with Crippen molar-refractivity contribution in [3.8, 4) is 0 Å². The molecule has 0 aromatic rings. The number of rotatable bonds is 4. The molecule has 0 aliphatic carbocycles. The molecule has 74 valence electrons. The summed E-state index contributed by atoms with van der Waals surface area (Å²) in [6.45, 7) is 3.33. The lowest BCUT2D eigenvalue weighted by atomic mass is 10.2. The first-order valence-electron chi connectivity index (χ1n) is 3.71. The molecule has 0 spiro atoms. The normalized spacial score (nSPS) is 12.8. The van der Waals surface area contributed by atoms with Crippen LogP contribution in [0.2, 0.25) is 0 Å². The second kappa shape index (κ2) is 5.99. The molecule has 0 radical (unpaired) electrons. The number of esters is 1. The minimum atomic E-state index is -0.715. The summed E-state index contributed by atoms with van der Waals surface area (Å²) in [5.74, 6) is -0.715. The van der Waals surface area contributed by atoms with E-state index >= 15 is 0 Å². The Balaban J connectivity index is 4.29. The molecule has 0 fully saturated rings. The first-order valence-corrected chi connectivity index (χ1v) is 3.71. The summed E-state index contributed by atoms with van der Waals surface area (Å²) in [5, 5.41) is 22.3. The van der Waals surface area contributed by atoms with Crippen molar-refractivity contribution in [2.75, 3.05) is 6.61 Å². The number of carbonyl (C=O) groups is 1. The van der Waals surface area contributed by atoms with Gasteiger partial charge in [-0.3, -0.25) is 0 Å². The van der Waals surface area contributed by atoms with E-state index in [4.69, 9.17) is 10.4 Å². The number of ether oxygens (including phenoxy) is 1. The number of hydrogen-bond donors (Lipinski definition) is 2. The molecule has 0 aliphatic rings. The lowest BCUT2D eigenvalue weighted by Crippen LogP contribution is -2.20. The molecule has 0 rings (SSSR count). The van der Waals surface area contributed by atoms with Crippen LogP contribution in [-0.4, -0.2) is 34.4 Å². The van der Waals surface area contributed by atoms with Crippen LogP contribution in [0.15, 0.2) is 10.3 Å². The Labute approximate surface area is 75.5 Å². The minimum absolute atomic E-state index is 0.0359. The Kier molecular flexibility index (Phi) is 5.25. The highest BCUT2D eigenvalue weighted by molar-refractivity contribution is 6.39. The van der Waals surface area contributed by atoms with E-state index in [1.807, 2.05) is 0 Å². The third kappa shape index (κ3) is 4.09. The van der Waals surface area contributed by atoms with Crippen LogP contribution in [0.3, 0.4) is 0 Å². The smallest absolute Gasteiger partial charge is 0.356 e. The maximum atomic E-state index is 11.0. The summed E-state index contributed by atoms with van der Waals surface area (Å²) in [4.78, 5) is 11.0. The molecule has 0 unspecified atom stereocenters. The number of oxime groups is 2. The van der Waals surface area contributed by atoms with Crippen molar-refractivity contribution in [1.29, 1.82) is 0 Å². The molecular weight excluding hydrogens is 176 g/mol. The van der Waals surface area contributed by atoms with Gasteiger partial charge in [-0.2, -0.15) is 0 Å². The van der Waals surface area contributed by atoms with Gasteiger partial charge in [0.2, 0.25) is 0 Å². The van der Waals surface area contributed by atoms with E-state index in [1.54, 1.807) is 6.92 Å². The molecule has 0 atom stereocenters. The van der Waals surface area contributed by atoms with Crippen molar-refractivity contribution in [3.05, 3.63) is 0 Å². The lowest BCUT2D eigenvalue weighted by Gasteiger charge is -2.02. The Morgan fingerprint density at radius 1 is 1.38 bits per heavy atom. The molecule has 6 heteroatoms. The SMILES string of the molecule is CCOC(=O)/C(C/C(C)=N\O)=N\O. The highest BCUT2D eigenvalue weighted by atomic mass is 16.5. The van der Waals surface area contributed by atoms with E-state index in [0.717, 1.165) is 0 Å². The highest BCUT2D eigenvalue weighted by Crippen LogP contribution is 1.94. The lowest BCUT2D eigenvalue weighted by molar-refractivity contribution is -0.135. The minimum Gasteiger partial charge on any atom is -0.461 e. The zero-order valence-electron chi connectivity index (χ0n) is 7.52. The van der Waals surface area contributed by atoms with E-state index < -0.39 is 5.97 Å². The van der Waals surface area contributed by atoms with Gasteiger partial charge in [-0.25, -0.2) is 4.79 Å². The van der Waals surface area contributed by atoms with Crippen LogP contribution in [0, 0.1) is 0 Å². The summed E-state index contributed by atoms with van der Waals surface area (Å²) in [7, 11) is 0. The highest BCUT2D eigenvalue weighted by Gasteiger charge is 2.14. The molecule has 0 amide bonds. The summed E-state index contributed by atoms with van der Waals surface area (Å²) < 4.78 is 4.57. The van der Waals surface area contributed by atoms with Gasteiger partial charge in [0.25, 0.3) is 0 Å². The van der Waals surface area contributed by atoms with Crippen LogP contribution < -0.4 is 0 Å². The van der Waals surface area contributed by atoms with Crippen molar-refractivity contribution in [1.82, 2.24) is 0 Å². The topological polar surface area (TPSA) is 91.5 Å². The Bertz CT molecular complexity index is 235. The van der Waals surface area contributed by atoms with Crippen LogP contribution in [0.5, 0.6) is 0 Å². The third-order valence-corrected chi connectivity index (χ3v) is 1.23. The largest absolute Gasteiger partial charge is 0.461 e. The third-order valence-electron chi connectivity index (χ3n) is 1.23. The van der Waals surface area contributed by atoms with Gasteiger partial charge in [0.1, 0.15) is 0 Å². The maximum Gasteiger partial charge on any atom is 0.356 e. The fourth-order valence-corrected chi connectivity index (χ4v) is 0.640. The molecule has 0 aliphatic heterocycles. The van der Waals surface area contributed by atoms with Crippen molar-refractivity contribution in [2.45, 2.75) is 20.3 Å². The molecule has 0 aromatic carbocycles. The van der Waals surface area contributed by atoms with Crippen LogP contribution in [0.4, 0.5) is 0 Å². The summed E-state index contributed by atoms with van der Waals surface area (Å²) in [6, 6.07) is 0. The van der Waals surface area contributed by atoms with Gasteiger partial charge >= 0.3 is 5.97 Å². The molecule has 2 N–H and O–H groups in total. The maximum absolute atomic E-state index is 11.0. The van der Waals surface area contributed by atoms with Gasteiger partial charge in [0.15, 0.2) is 5.71 Å². The molecular formula is C7H12N2O4. The van der Waals surface area contributed by atoms with Crippen LogP contribution in [0.1, 0.15) is 20.3 Å². The van der Waals surface area contributed by atoms with Crippen molar-refractivity contribution in [3.63, 3.8) is 0 Å². The fourth-order valence-electron chi connectivity index (χ4n) is 0.640.